The van der Waals surface area contributed by atoms with Gasteiger partial charge in [0.25, 0.3) is 0 Å². The molecule has 0 saturated carbocycles. The van der Waals surface area contributed by atoms with Gasteiger partial charge < -0.3 is 4.90 Å². The molecule has 1 aromatic carbocycles. The average Bonchev–Trinajstić information content (AvgIpc) is 2.93. The molecule has 0 spiro atoms. The van der Waals surface area contributed by atoms with Crippen molar-refractivity contribution < 1.29 is 4.79 Å². The Morgan fingerprint density at radius 2 is 2.09 bits per heavy atom. The number of likely N-dealkylation sites (N-methyl/N-ethyl adjacent to an activating group) is 1. The topological polar surface area (TPSA) is 47.3 Å². The molecule has 0 aliphatic heterocycles. The summed E-state index contributed by atoms with van der Waals surface area (Å²) in [6.07, 6.45) is 0.322. The number of hydrogen-bond acceptors (Lipinski definition) is 4. The van der Waals surface area contributed by atoms with Crippen LogP contribution in [-0.2, 0) is 11.3 Å². The van der Waals surface area contributed by atoms with Gasteiger partial charge in [0.1, 0.15) is 0 Å². The van der Waals surface area contributed by atoms with Gasteiger partial charge in [-0.2, -0.15) is 5.26 Å². The smallest absolute Gasteiger partial charge is 0.241 e. The van der Waals surface area contributed by atoms with Crippen molar-refractivity contribution >= 4 is 38.9 Å². The first-order valence-electron chi connectivity index (χ1n) is 7.24. The van der Waals surface area contributed by atoms with Crippen molar-refractivity contribution in [1.29, 1.82) is 5.26 Å². The van der Waals surface area contributed by atoms with Gasteiger partial charge in [0.2, 0.25) is 5.91 Å². The number of rotatable bonds is 7. The average molecular weight is 392 g/mol. The monoisotopic (exact) mass is 391 g/mol. The van der Waals surface area contributed by atoms with Crippen molar-refractivity contribution in [3.05, 3.63) is 51.1 Å². The van der Waals surface area contributed by atoms with Crippen LogP contribution in [0.3, 0.4) is 0 Å². The van der Waals surface area contributed by atoms with E-state index >= 15 is 0 Å². The second kappa shape index (κ2) is 8.82. The lowest BCUT2D eigenvalue weighted by molar-refractivity contribution is -0.119. The van der Waals surface area contributed by atoms with E-state index in [1.165, 1.54) is 4.88 Å². The highest BCUT2D eigenvalue weighted by Gasteiger charge is 2.17. The van der Waals surface area contributed by atoms with Gasteiger partial charge >= 0.3 is 0 Å². The van der Waals surface area contributed by atoms with E-state index in [0.29, 0.717) is 19.5 Å². The van der Waals surface area contributed by atoms with Crippen molar-refractivity contribution in [2.45, 2.75) is 13.0 Å². The number of amides is 1. The maximum Gasteiger partial charge on any atom is 0.241 e. The van der Waals surface area contributed by atoms with Crippen LogP contribution in [0.15, 0.2) is 46.3 Å². The lowest BCUT2D eigenvalue weighted by atomic mass is 10.2. The number of nitriles is 1. The molecule has 0 fully saturated rings. The molecular weight excluding hydrogens is 374 g/mol. The highest BCUT2D eigenvalue weighted by atomic mass is 79.9. The van der Waals surface area contributed by atoms with Gasteiger partial charge in [-0.3, -0.25) is 9.69 Å². The molecular formula is C17H18BrN3OS. The first-order valence-corrected chi connectivity index (χ1v) is 8.91. The van der Waals surface area contributed by atoms with E-state index in [-0.39, 0.29) is 5.91 Å². The van der Waals surface area contributed by atoms with E-state index in [9.17, 15) is 4.79 Å². The Morgan fingerprint density at radius 3 is 2.70 bits per heavy atom. The van der Waals surface area contributed by atoms with Gasteiger partial charge in [-0.1, -0.05) is 18.2 Å². The summed E-state index contributed by atoms with van der Waals surface area (Å²) >= 11 is 5.11. The van der Waals surface area contributed by atoms with Crippen molar-refractivity contribution in [3.63, 3.8) is 0 Å². The third kappa shape index (κ3) is 5.47. The Morgan fingerprint density at radius 1 is 1.35 bits per heavy atom. The SMILES string of the molecule is CN(CC(=O)N(CCC#N)c1ccccc1)Cc1cc(Br)cs1. The summed E-state index contributed by atoms with van der Waals surface area (Å²) < 4.78 is 1.07. The molecule has 0 saturated heterocycles. The zero-order valence-electron chi connectivity index (χ0n) is 12.9. The van der Waals surface area contributed by atoms with E-state index in [1.54, 1.807) is 16.2 Å². The fourth-order valence-electron chi connectivity index (χ4n) is 2.24. The Balaban J connectivity index is 2.01. The Hall–Kier alpha value is -1.68. The van der Waals surface area contributed by atoms with E-state index in [2.05, 4.69) is 28.1 Å². The number of carbonyl (C=O) groups is 1. The van der Waals surface area contributed by atoms with Crippen molar-refractivity contribution in [2.75, 3.05) is 25.0 Å². The van der Waals surface area contributed by atoms with E-state index < -0.39 is 0 Å². The highest BCUT2D eigenvalue weighted by molar-refractivity contribution is 9.10. The fourth-order valence-corrected chi connectivity index (χ4v) is 3.77. The molecule has 0 unspecified atom stereocenters. The minimum Gasteiger partial charge on any atom is -0.310 e. The molecule has 1 aromatic heterocycles. The largest absolute Gasteiger partial charge is 0.310 e. The standard InChI is InChI=1S/C17H18BrN3OS/c1-20(11-16-10-14(18)13-23-16)12-17(22)21(9-5-8-19)15-6-3-2-4-7-15/h2-4,6-7,10,13H,5,9,11-12H2,1H3. The Labute approximate surface area is 149 Å². The summed E-state index contributed by atoms with van der Waals surface area (Å²) in [5.41, 5.74) is 0.833. The number of nitrogens with zero attached hydrogens (tertiary/aromatic N) is 3. The fraction of sp³-hybridized carbons (Fsp3) is 0.294. The van der Waals surface area contributed by atoms with Crippen molar-refractivity contribution in [3.8, 4) is 6.07 Å². The van der Waals surface area contributed by atoms with Crippen LogP contribution in [0.1, 0.15) is 11.3 Å². The van der Waals surface area contributed by atoms with Gasteiger partial charge in [0.15, 0.2) is 0 Å². The lowest BCUT2D eigenvalue weighted by Gasteiger charge is -2.24. The third-order valence-corrected chi connectivity index (χ3v) is 4.95. The molecule has 2 aromatic rings. The number of halogens is 1. The minimum atomic E-state index is 0.00423. The van der Waals surface area contributed by atoms with Crippen LogP contribution in [0.4, 0.5) is 5.69 Å². The van der Waals surface area contributed by atoms with Gasteiger partial charge in [0, 0.05) is 33.5 Å². The summed E-state index contributed by atoms with van der Waals surface area (Å²) in [5.74, 6) is 0.00423. The molecule has 2 rings (SSSR count). The molecule has 23 heavy (non-hydrogen) atoms. The van der Waals surface area contributed by atoms with Crippen LogP contribution in [0.2, 0.25) is 0 Å². The highest BCUT2D eigenvalue weighted by Crippen LogP contribution is 2.21. The first-order chi connectivity index (χ1) is 11.1. The number of thiophene rings is 1. The number of hydrogen-bond donors (Lipinski definition) is 0. The maximum absolute atomic E-state index is 12.6. The number of benzene rings is 1. The molecule has 0 atom stereocenters. The molecule has 1 amide bonds. The van der Waals surface area contributed by atoms with Crippen molar-refractivity contribution in [2.24, 2.45) is 0 Å². The molecule has 0 bridgehead atoms. The molecule has 120 valence electrons. The second-order valence-electron chi connectivity index (χ2n) is 5.19. The summed E-state index contributed by atoms with van der Waals surface area (Å²) in [6, 6.07) is 13.7. The molecule has 0 N–H and O–H groups in total. The number of para-hydroxylation sites is 1. The zero-order chi connectivity index (χ0) is 16.7. The second-order valence-corrected chi connectivity index (χ2v) is 7.10. The molecule has 6 heteroatoms. The van der Waals surface area contributed by atoms with Crippen LogP contribution >= 0.6 is 27.3 Å². The number of anilines is 1. The van der Waals surface area contributed by atoms with Gasteiger partial charge in [-0.25, -0.2) is 0 Å². The Bertz CT molecular complexity index is 681. The summed E-state index contributed by atoms with van der Waals surface area (Å²) in [4.78, 5) is 17.5. The normalized spacial score (nSPS) is 10.5. The van der Waals surface area contributed by atoms with Crippen LogP contribution in [0, 0.1) is 11.3 Å². The third-order valence-electron chi connectivity index (χ3n) is 3.27. The summed E-state index contributed by atoms with van der Waals surface area (Å²) in [6.45, 7) is 1.45. The predicted octanol–water partition coefficient (Wildman–Crippen LogP) is 3.89. The maximum atomic E-state index is 12.6. The van der Waals surface area contributed by atoms with Crippen LogP contribution in [0.5, 0.6) is 0 Å². The molecule has 0 aliphatic carbocycles. The summed E-state index contributed by atoms with van der Waals surface area (Å²) in [7, 11) is 1.93. The van der Waals surface area contributed by atoms with E-state index in [0.717, 1.165) is 16.7 Å². The van der Waals surface area contributed by atoms with Gasteiger partial charge in [0.05, 0.1) is 19.0 Å². The van der Waals surface area contributed by atoms with Crippen LogP contribution < -0.4 is 4.90 Å². The van der Waals surface area contributed by atoms with Crippen LogP contribution in [-0.4, -0.2) is 30.9 Å². The Kier molecular flexibility index (Phi) is 6.78. The number of carbonyl (C=O) groups excluding carboxylic acids is 1. The van der Waals surface area contributed by atoms with Gasteiger partial charge in [-0.15, -0.1) is 11.3 Å². The van der Waals surface area contributed by atoms with Crippen molar-refractivity contribution in [1.82, 2.24) is 4.90 Å². The molecule has 4 nitrogen and oxygen atoms in total. The predicted molar refractivity (Wildman–Crippen MR) is 97.4 cm³/mol. The van der Waals surface area contributed by atoms with E-state index in [4.69, 9.17) is 5.26 Å². The minimum absolute atomic E-state index is 0.00423. The zero-order valence-corrected chi connectivity index (χ0v) is 15.3. The van der Waals surface area contributed by atoms with Crippen LogP contribution in [0.25, 0.3) is 0 Å². The molecule has 1 heterocycles. The molecule has 0 radical (unpaired) electrons. The molecule has 0 aliphatic rings. The lowest BCUT2D eigenvalue weighted by Crippen LogP contribution is -2.39. The van der Waals surface area contributed by atoms with E-state index in [1.807, 2.05) is 47.7 Å². The quantitative estimate of drug-likeness (QED) is 0.718. The van der Waals surface area contributed by atoms with Gasteiger partial charge in [-0.05, 0) is 41.2 Å². The summed E-state index contributed by atoms with van der Waals surface area (Å²) in [5, 5.41) is 10.9. The first kappa shape index (κ1) is 17.7.